The second-order valence-corrected chi connectivity index (χ2v) is 3.94. The summed E-state index contributed by atoms with van der Waals surface area (Å²) in [6, 6.07) is 6.71. The molecule has 2 heterocycles. The lowest BCUT2D eigenvalue weighted by Crippen LogP contribution is -2.00. The molecular weight excluding hydrogens is 186 g/mol. The molecule has 0 spiro atoms. The second-order valence-electron chi connectivity index (χ2n) is 3.94. The zero-order valence-electron chi connectivity index (χ0n) is 8.48. The molecule has 0 atom stereocenters. The molecule has 0 saturated carbocycles. The van der Waals surface area contributed by atoms with Crippen LogP contribution in [-0.2, 0) is 19.6 Å². The summed E-state index contributed by atoms with van der Waals surface area (Å²) >= 11 is 0. The first-order chi connectivity index (χ1) is 7.42. The molecule has 1 N–H and O–H groups in total. The summed E-state index contributed by atoms with van der Waals surface area (Å²) < 4.78 is 2.09. The largest absolute Gasteiger partial charge is 0.333 e. The predicted molar refractivity (Wildman–Crippen MR) is 58.3 cm³/mol. The van der Waals surface area contributed by atoms with Crippen LogP contribution in [0, 0.1) is 0 Å². The Bertz CT molecular complexity index is 460. The molecule has 0 saturated heterocycles. The van der Waals surface area contributed by atoms with Crippen LogP contribution >= 0.6 is 0 Å². The molecular formula is C12H13N3. The van der Waals surface area contributed by atoms with Crippen molar-refractivity contribution in [1.29, 1.82) is 0 Å². The Morgan fingerprint density at radius 2 is 2.20 bits per heavy atom. The third kappa shape index (κ3) is 1.66. The minimum atomic E-state index is 0.910. The number of fused-ring (bicyclic) bond motifs is 1. The standard InChI is InChI=1S/C12H13N3/c1-2-11-6-14-7-12(11)5-10(1)8-15-4-3-13-9-15/h1-5,9,14H,6-8H2. The fourth-order valence-electron chi connectivity index (χ4n) is 2.04. The minimum Gasteiger partial charge on any atom is -0.333 e. The van der Waals surface area contributed by atoms with E-state index in [0.29, 0.717) is 0 Å². The van der Waals surface area contributed by atoms with E-state index in [1.54, 1.807) is 0 Å². The summed E-state index contributed by atoms with van der Waals surface area (Å²) in [5.74, 6) is 0. The summed E-state index contributed by atoms with van der Waals surface area (Å²) in [6.45, 7) is 2.93. The van der Waals surface area contributed by atoms with E-state index in [9.17, 15) is 0 Å². The first kappa shape index (κ1) is 8.68. The lowest BCUT2D eigenvalue weighted by Gasteiger charge is -2.04. The molecule has 15 heavy (non-hydrogen) atoms. The van der Waals surface area contributed by atoms with E-state index in [-0.39, 0.29) is 0 Å². The van der Waals surface area contributed by atoms with Crippen molar-refractivity contribution in [3.63, 3.8) is 0 Å². The van der Waals surface area contributed by atoms with E-state index in [4.69, 9.17) is 0 Å². The minimum absolute atomic E-state index is 0.910. The van der Waals surface area contributed by atoms with Gasteiger partial charge in [0.15, 0.2) is 0 Å². The van der Waals surface area contributed by atoms with E-state index in [1.165, 1.54) is 16.7 Å². The first-order valence-electron chi connectivity index (χ1n) is 5.19. The molecule has 1 aromatic carbocycles. The number of hydrogen-bond donors (Lipinski definition) is 1. The molecule has 1 aromatic heterocycles. The van der Waals surface area contributed by atoms with Gasteiger partial charge in [0.2, 0.25) is 0 Å². The predicted octanol–water partition coefficient (Wildman–Crippen LogP) is 1.53. The normalized spacial score (nSPS) is 14.1. The van der Waals surface area contributed by atoms with E-state index in [1.807, 2.05) is 18.7 Å². The number of hydrogen-bond acceptors (Lipinski definition) is 2. The number of aromatic nitrogens is 2. The highest BCUT2D eigenvalue weighted by atomic mass is 15.0. The molecule has 1 aliphatic rings. The SMILES string of the molecule is c1cn(Cc2ccc3c(c2)CNC3)cn1. The van der Waals surface area contributed by atoms with Crippen LogP contribution in [-0.4, -0.2) is 9.55 Å². The zero-order chi connectivity index (χ0) is 10.1. The van der Waals surface area contributed by atoms with Crippen LogP contribution in [0.1, 0.15) is 16.7 Å². The molecule has 3 nitrogen and oxygen atoms in total. The van der Waals surface area contributed by atoms with E-state index >= 15 is 0 Å². The number of benzene rings is 1. The van der Waals surface area contributed by atoms with Crippen LogP contribution in [0.2, 0.25) is 0 Å². The third-order valence-electron chi connectivity index (χ3n) is 2.83. The molecule has 0 aliphatic carbocycles. The monoisotopic (exact) mass is 199 g/mol. The number of rotatable bonds is 2. The Morgan fingerprint density at radius 3 is 3.07 bits per heavy atom. The molecule has 2 aromatic rings. The van der Waals surface area contributed by atoms with Crippen molar-refractivity contribution >= 4 is 0 Å². The van der Waals surface area contributed by atoms with Gasteiger partial charge in [0.25, 0.3) is 0 Å². The fourth-order valence-corrected chi connectivity index (χ4v) is 2.04. The van der Waals surface area contributed by atoms with Gasteiger partial charge in [0.05, 0.1) is 6.33 Å². The van der Waals surface area contributed by atoms with Crippen molar-refractivity contribution in [2.45, 2.75) is 19.6 Å². The number of nitrogens with zero attached hydrogens (tertiary/aromatic N) is 2. The highest BCUT2D eigenvalue weighted by Crippen LogP contribution is 2.17. The zero-order valence-corrected chi connectivity index (χ0v) is 8.48. The van der Waals surface area contributed by atoms with Crippen molar-refractivity contribution in [1.82, 2.24) is 14.9 Å². The molecule has 0 radical (unpaired) electrons. The fraction of sp³-hybridized carbons (Fsp3) is 0.250. The van der Waals surface area contributed by atoms with Gasteiger partial charge >= 0.3 is 0 Å². The molecule has 0 unspecified atom stereocenters. The molecule has 76 valence electrons. The average Bonchev–Trinajstić information content (AvgIpc) is 2.87. The summed E-state index contributed by atoms with van der Waals surface area (Å²) in [6.07, 6.45) is 5.66. The molecule has 0 bridgehead atoms. The number of imidazole rings is 1. The second kappa shape index (κ2) is 3.51. The van der Waals surface area contributed by atoms with Gasteiger partial charge in [-0.15, -0.1) is 0 Å². The quantitative estimate of drug-likeness (QED) is 0.795. The van der Waals surface area contributed by atoms with Crippen molar-refractivity contribution in [3.05, 3.63) is 53.6 Å². The summed E-state index contributed by atoms with van der Waals surface area (Å²) in [4.78, 5) is 4.04. The Kier molecular flexibility index (Phi) is 2.03. The van der Waals surface area contributed by atoms with E-state index < -0.39 is 0 Å². The van der Waals surface area contributed by atoms with Crippen LogP contribution in [0.15, 0.2) is 36.9 Å². The summed E-state index contributed by atoms with van der Waals surface area (Å²) in [5, 5.41) is 3.35. The van der Waals surface area contributed by atoms with Gasteiger partial charge in [-0.25, -0.2) is 4.98 Å². The van der Waals surface area contributed by atoms with Gasteiger partial charge in [-0.1, -0.05) is 18.2 Å². The van der Waals surface area contributed by atoms with Crippen molar-refractivity contribution in [2.24, 2.45) is 0 Å². The maximum Gasteiger partial charge on any atom is 0.0949 e. The third-order valence-corrected chi connectivity index (χ3v) is 2.83. The van der Waals surface area contributed by atoms with Crippen LogP contribution in [0.4, 0.5) is 0 Å². The molecule has 0 fully saturated rings. The van der Waals surface area contributed by atoms with Crippen LogP contribution in [0.3, 0.4) is 0 Å². The van der Waals surface area contributed by atoms with Crippen molar-refractivity contribution in [3.8, 4) is 0 Å². The smallest absolute Gasteiger partial charge is 0.0949 e. The molecule has 3 rings (SSSR count). The van der Waals surface area contributed by atoms with Crippen LogP contribution < -0.4 is 5.32 Å². The molecule has 0 amide bonds. The highest BCUT2D eigenvalue weighted by molar-refractivity contribution is 5.34. The van der Waals surface area contributed by atoms with Crippen molar-refractivity contribution in [2.75, 3.05) is 0 Å². The maximum atomic E-state index is 4.04. The van der Waals surface area contributed by atoms with Crippen LogP contribution in [0.25, 0.3) is 0 Å². The average molecular weight is 199 g/mol. The van der Waals surface area contributed by atoms with Crippen molar-refractivity contribution < 1.29 is 0 Å². The van der Waals surface area contributed by atoms with Gasteiger partial charge in [0, 0.05) is 32.0 Å². The molecule has 1 aliphatic heterocycles. The van der Waals surface area contributed by atoms with E-state index in [0.717, 1.165) is 19.6 Å². The first-order valence-corrected chi connectivity index (χ1v) is 5.19. The summed E-state index contributed by atoms with van der Waals surface area (Å²) in [5.41, 5.74) is 4.22. The Hall–Kier alpha value is -1.61. The summed E-state index contributed by atoms with van der Waals surface area (Å²) in [7, 11) is 0. The van der Waals surface area contributed by atoms with Crippen LogP contribution in [0.5, 0.6) is 0 Å². The number of nitrogens with one attached hydrogen (secondary N) is 1. The van der Waals surface area contributed by atoms with Gasteiger partial charge in [0.1, 0.15) is 0 Å². The highest BCUT2D eigenvalue weighted by Gasteiger charge is 2.09. The topological polar surface area (TPSA) is 29.9 Å². The van der Waals surface area contributed by atoms with Gasteiger partial charge < -0.3 is 9.88 Å². The van der Waals surface area contributed by atoms with E-state index in [2.05, 4.69) is 33.1 Å². The van der Waals surface area contributed by atoms with Gasteiger partial charge in [-0.2, -0.15) is 0 Å². The van der Waals surface area contributed by atoms with Gasteiger partial charge in [-0.3, -0.25) is 0 Å². The maximum absolute atomic E-state index is 4.04. The Morgan fingerprint density at radius 1 is 1.27 bits per heavy atom. The Labute approximate surface area is 88.8 Å². The lowest BCUT2D eigenvalue weighted by atomic mass is 10.1. The lowest BCUT2D eigenvalue weighted by molar-refractivity contribution is 0.763. The molecule has 3 heteroatoms. The van der Waals surface area contributed by atoms with Gasteiger partial charge in [-0.05, 0) is 16.7 Å². The Balaban J connectivity index is 1.87.